The summed E-state index contributed by atoms with van der Waals surface area (Å²) in [5, 5.41) is 11.5. The molecule has 0 aliphatic rings. The third kappa shape index (κ3) is 3.62. The van der Waals surface area contributed by atoms with Gasteiger partial charge in [-0.3, -0.25) is 4.79 Å². The molecule has 0 aliphatic heterocycles. The normalized spacial score (nSPS) is 10.4. The minimum absolute atomic E-state index is 0.0384. The van der Waals surface area contributed by atoms with Crippen molar-refractivity contribution < 1.29 is 9.90 Å². The summed E-state index contributed by atoms with van der Waals surface area (Å²) in [4.78, 5) is 17.8. The summed E-state index contributed by atoms with van der Waals surface area (Å²) in [6.45, 7) is 0.285. The molecular weight excluding hydrogens is 260 g/mol. The van der Waals surface area contributed by atoms with Gasteiger partial charge in [0.2, 0.25) is 0 Å². The molecule has 0 radical (unpaired) electrons. The van der Waals surface area contributed by atoms with Crippen LogP contribution in [0.4, 0.5) is 0 Å². The van der Waals surface area contributed by atoms with Crippen molar-refractivity contribution in [3.05, 3.63) is 52.0 Å². The highest BCUT2D eigenvalue weighted by molar-refractivity contribution is 7.09. The Kier molecular flexibility index (Phi) is 4.65. The van der Waals surface area contributed by atoms with E-state index in [1.54, 1.807) is 12.4 Å². The van der Waals surface area contributed by atoms with Crippen LogP contribution in [0.15, 0.2) is 35.7 Å². The van der Waals surface area contributed by atoms with Crippen molar-refractivity contribution in [2.24, 2.45) is 0 Å². The minimum atomic E-state index is -0.149. The molecule has 0 unspecified atom stereocenters. The summed E-state index contributed by atoms with van der Waals surface area (Å²) in [7, 11) is 1.66. The summed E-state index contributed by atoms with van der Waals surface area (Å²) in [5.41, 5.74) is 1.63. The molecule has 1 aromatic heterocycles. The lowest BCUT2D eigenvalue weighted by molar-refractivity contribution is 0.0762. The fraction of sp³-hybridized carbons (Fsp3) is 0.286. The Hall–Kier alpha value is -1.72. The average molecular weight is 276 g/mol. The second-order valence-electron chi connectivity index (χ2n) is 4.24. The quantitative estimate of drug-likeness (QED) is 0.906. The van der Waals surface area contributed by atoms with Crippen LogP contribution in [0.2, 0.25) is 0 Å². The van der Waals surface area contributed by atoms with Crippen LogP contribution in [0.3, 0.4) is 0 Å². The van der Waals surface area contributed by atoms with Crippen molar-refractivity contribution in [1.82, 2.24) is 9.88 Å². The van der Waals surface area contributed by atoms with E-state index in [-0.39, 0.29) is 12.5 Å². The number of likely N-dealkylation sites (N-methyl/N-ethyl adjacent to an activating group) is 1. The third-order valence-electron chi connectivity index (χ3n) is 2.75. The molecule has 0 saturated carbocycles. The highest BCUT2D eigenvalue weighted by Gasteiger charge is 2.14. The lowest BCUT2D eigenvalue weighted by atomic mass is 10.2. The lowest BCUT2D eigenvalue weighted by Crippen LogP contribution is -2.29. The summed E-state index contributed by atoms with van der Waals surface area (Å²) in [6.07, 6.45) is 0.739. The van der Waals surface area contributed by atoms with E-state index in [4.69, 9.17) is 5.11 Å². The van der Waals surface area contributed by atoms with Gasteiger partial charge in [0.25, 0.3) is 5.91 Å². The highest BCUT2D eigenvalue weighted by Crippen LogP contribution is 2.15. The minimum Gasteiger partial charge on any atom is -0.395 e. The molecule has 0 fully saturated rings. The lowest BCUT2D eigenvalue weighted by Gasteiger charge is -2.13. The average Bonchev–Trinajstić information content (AvgIpc) is 2.88. The molecule has 4 nitrogen and oxygen atoms in total. The molecule has 1 aromatic carbocycles. The Balaban J connectivity index is 2.05. The van der Waals surface area contributed by atoms with Crippen molar-refractivity contribution in [3.63, 3.8) is 0 Å². The largest absolute Gasteiger partial charge is 0.395 e. The van der Waals surface area contributed by atoms with Crippen molar-refractivity contribution in [2.45, 2.75) is 6.42 Å². The fourth-order valence-electron chi connectivity index (χ4n) is 1.71. The number of aliphatic hydroxyl groups excluding tert-OH is 1. The predicted octanol–water partition coefficient (Wildman–Crippen LogP) is 1.80. The molecule has 1 heterocycles. The maximum absolute atomic E-state index is 12.0. The van der Waals surface area contributed by atoms with Gasteiger partial charge in [-0.2, -0.15) is 0 Å². The molecule has 1 N–H and O–H groups in total. The Morgan fingerprint density at radius 3 is 2.79 bits per heavy atom. The Bertz CT molecular complexity index is 539. The maximum atomic E-state index is 12.0. The molecule has 19 heavy (non-hydrogen) atoms. The standard InChI is InChI=1S/C14H16N2O2S/c1-16(7-8-17)14(18)12-10-19-13(15-12)9-11-5-3-2-4-6-11/h2-6,10,17H,7-9H2,1H3. The van der Waals surface area contributed by atoms with E-state index in [2.05, 4.69) is 4.98 Å². The number of nitrogens with zero attached hydrogens (tertiary/aromatic N) is 2. The zero-order valence-corrected chi connectivity index (χ0v) is 11.6. The molecule has 0 saturated heterocycles. The molecule has 100 valence electrons. The van der Waals surface area contributed by atoms with Gasteiger partial charge in [-0.15, -0.1) is 11.3 Å². The van der Waals surface area contributed by atoms with E-state index in [1.807, 2.05) is 30.3 Å². The maximum Gasteiger partial charge on any atom is 0.273 e. The Morgan fingerprint density at radius 2 is 2.11 bits per heavy atom. The molecule has 2 aromatic rings. The first-order chi connectivity index (χ1) is 9.20. The van der Waals surface area contributed by atoms with Gasteiger partial charge >= 0.3 is 0 Å². The van der Waals surface area contributed by atoms with Crippen LogP contribution >= 0.6 is 11.3 Å². The number of carbonyl (C=O) groups excluding carboxylic acids is 1. The van der Waals surface area contributed by atoms with Crippen LogP contribution in [-0.2, 0) is 6.42 Å². The topological polar surface area (TPSA) is 53.4 Å². The zero-order valence-electron chi connectivity index (χ0n) is 10.7. The molecule has 1 amide bonds. The highest BCUT2D eigenvalue weighted by atomic mass is 32.1. The molecule has 2 rings (SSSR count). The van der Waals surface area contributed by atoms with Gasteiger partial charge in [-0.1, -0.05) is 30.3 Å². The molecule has 0 aliphatic carbocycles. The van der Waals surface area contributed by atoms with Gasteiger partial charge in [0.1, 0.15) is 5.69 Å². The van der Waals surface area contributed by atoms with E-state index in [0.717, 1.165) is 11.4 Å². The van der Waals surface area contributed by atoms with Crippen LogP contribution in [0.25, 0.3) is 0 Å². The van der Waals surface area contributed by atoms with E-state index >= 15 is 0 Å². The number of carbonyl (C=O) groups is 1. The summed E-state index contributed by atoms with van der Waals surface area (Å²) >= 11 is 1.49. The van der Waals surface area contributed by atoms with Gasteiger partial charge in [-0.05, 0) is 5.56 Å². The van der Waals surface area contributed by atoms with E-state index in [0.29, 0.717) is 12.2 Å². The number of thiazole rings is 1. The molecular formula is C14H16N2O2S. The van der Waals surface area contributed by atoms with Crippen LogP contribution in [0.1, 0.15) is 21.1 Å². The van der Waals surface area contributed by atoms with Crippen molar-refractivity contribution >= 4 is 17.2 Å². The third-order valence-corrected chi connectivity index (χ3v) is 3.60. The van der Waals surface area contributed by atoms with Crippen molar-refractivity contribution in [2.75, 3.05) is 20.2 Å². The number of rotatable bonds is 5. The molecule has 0 atom stereocenters. The first-order valence-corrected chi connectivity index (χ1v) is 6.93. The molecule has 0 spiro atoms. The first-order valence-electron chi connectivity index (χ1n) is 6.05. The monoisotopic (exact) mass is 276 g/mol. The van der Waals surface area contributed by atoms with Crippen molar-refractivity contribution in [3.8, 4) is 0 Å². The molecule has 0 bridgehead atoms. The van der Waals surface area contributed by atoms with Crippen LogP contribution in [0.5, 0.6) is 0 Å². The summed E-state index contributed by atoms with van der Waals surface area (Å²) < 4.78 is 0. The van der Waals surface area contributed by atoms with Gasteiger partial charge in [0.05, 0.1) is 11.6 Å². The Morgan fingerprint density at radius 1 is 1.37 bits per heavy atom. The second kappa shape index (κ2) is 6.45. The van der Waals surface area contributed by atoms with Gasteiger partial charge < -0.3 is 10.0 Å². The van der Waals surface area contributed by atoms with E-state index in [9.17, 15) is 4.79 Å². The number of aliphatic hydroxyl groups is 1. The van der Waals surface area contributed by atoms with Crippen LogP contribution < -0.4 is 0 Å². The van der Waals surface area contributed by atoms with E-state index in [1.165, 1.54) is 21.8 Å². The number of hydrogen-bond acceptors (Lipinski definition) is 4. The first kappa shape index (κ1) is 13.7. The smallest absolute Gasteiger partial charge is 0.273 e. The zero-order chi connectivity index (χ0) is 13.7. The second-order valence-corrected chi connectivity index (χ2v) is 5.18. The van der Waals surface area contributed by atoms with Crippen molar-refractivity contribution in [1.29, 1.82) is 0 Å². The number of benzene rings is 1. The SMILES string of the molecule is CN(CCO)C(=O)c1csc(Cc2ccccc2)n1. The van der Waals surface area contributed by atoms with Gasteiger partial charge in [0.15, 0.2) is 0 Å². The van der Waals surface area contributed by atoms with E-state index < -0.39 is 0 Å². The van der Waals surface area contributed by atoms with Crippen LogP contribution in [-0.4, -0.2) is 41.1 Å². The Labute approximate surface area is 116 Å². The number of amides is 1. The summed E-state index contributed by atoms with van der Waals surface area (Å²) in [5.74, 6) is -0.149. The van der Waals surface area contributed by atoms with Crippen LogP contribution in [0, 0.1) is 0 Å². The number of hydrogen-bond donors (Lipinski definition) is 1. The predicted molar refractivity (Wildman–Crippen MR) is 75.4 cm³/mol. The fourth-order valence-corrected chi connectivity index (χ4v) is 2.51. The number of aromatic nitrogens is 1. The van der Waals surface area contributed by atoms with Gasteiger partial charge in [0, 0.05) is 25.4 Å². The summed E-state index contributed by atoms with van der Waals surface area (Å²) in [6, 6.07) is 10.0. The molecule has 5 heteroatoms. The van der Waals surface area contributed by atoms with Gasteiger partial charge in [-0.25, -0.2) is 4.98 Å².